The average molecular weight is 363 g/mol. The molecule has 1 heterocycles. The third-order valence-electron chi connectivity index (χ3n) is 3.95. The summed E-state index contributed by atoms with van der Waals surface area (Å²) in [5.41, 5.74) is 2.76. The van der Waals surface area contributed by atoms with Crippen LogP contribution in [0.3, 0.4) is 0 Å². The number of allylic oxidation sites excluding steroid dienone is 2. The molecule has 26 heavy (non-hydrogen) atoms. The molecule has 0 bridgehead atoms. The Morgan fingerprint density at radius 3 is 2.27 bits per heavy atom. The van der Waals surface area contributed by atoms with Gasteiger partial charge in [0.15, 0.2) is 11.5 Å². The number of nitrogens with zero attached hydrogens (tertiary/aromatic N) is 1. The second-order valence-electron chi connectivity index (χ2n) is 5.81. The predicted octanol–water partition coefficient (Wildman–Crippen LogP) is 6.02. The first-order chi connectivity index (χ1) is 12.7. The van der Waals surface area contributed by atoms with Gasteiger partial charge in [0, 0.05) is 11.1 Å². The molecule has 0 aliphatic heterocycles. The molecule has 1 atom stereocenters. The van der Waals surface area contributed by atoms with E-state index in [4.69, 9.17) is 9.40 Å². The van der Waals surface area contributed by atoms with Crippen molar-refractivity contribution in [1.29, 1.82) is 0 Å². The SMILES string of the molecule is C/C=C/C(=O)C(CC)Sc1nc(-c2ccccc2)c(-c2ccccc2)o1. The van der Waals surface area contributed by atoms with Gasteiger partial charge in [0.1, 0.15) is 5.69 Å². The molecule has 3 aromatic rings. The number of hydrogen-bond acceptors (Lipinski definition) is 4. The second-order valence-corrected chi connectivity index (χ2v) is 6.96. The Kier molecular flexibility index (Phi) is 6.08. The summed E-state index contributed by atoms with van der Waals surface area (Å²) in [6.45, 7) is 3.85. The summed E-state index contributed by atoms with van der Waals surface area (Å²) in [6, 6.07) is 19.9. The van der Waals surface area contributed by atoms with Gasteiger partial charge in [0.2, 0.25) is 0 Å². The molecule has 4 heteroatoms. The Balaban J connectivity index is 2.00. The maximum absolute atomic E-state index is 12.2. The molecule has 0 fully saturated rings. The normalized spacial score (nSPS) is 12.4. The van der Waals surface area contributed by atoms with Crippen LogP contribution >= 0.6 is 11.8 Å². The fraction of sp³-hybridized carbons (Fsp3) is 0.182. The maximum atomic E-state index is 12.2. The Bertz CT molecular complexity index is 828. The van der Waals surface area contributed by atoms with E-state index in [0.717, 1.165) is 29.0 Å². The third kappa shape index (κ3) is 4.14. The Labute approximate surface area is 158 Å². The zero-order valence-corrected chi connectivity index (χ0v) is 15.7. The highest BCUT2D eigenvalue weighted by molar-refractivity contribution is 8.00. The van der Waals surface area contributed by atoms with Crippen molar-refractivity contribution in [2.24, 2.45) is 0 Å². The van der Waals surface area contributed by atoms with Crippen LogP contribution in [0.2, 0.25) is 0 Å². The molecule has 0 N–H and O–H groups in total. The molecular formula is C22H21NO2S. The van der Waals surface area contributed by atoms with Crippen molar-refractivity contribution < 1.29 is 9.21 Å². The fourth-order valence-corrected chi connectivity index (χ4v) is 3.54. The molecule has 0 saturated heterocycles. The van der Waals surface area contributed by atoms with Crippen molar-refractivity contribution in [3.05, 3.63) is 72.8 Å². The summed E-state index contributed by atoms with van der Waals surface area (Å²) in [5.74, 6) is 0.813. The minimum Gasteiger partial charge on any atom is -0.431 e. The van der Waals surface area contributed by atoms with Crippen molar-refractivity contribution in [1.82, 2.24) is 4.98 Å². The van der Waals surface area contributed by atoms with E-state index in [1.54, 1.807) is 12.2 Å². The van der Waals surface area contributed by atoms with E-state index in [-0.39, 0.29) is 11.0 Å². The zero-order valence-electron chi connectivity index (χ0n) is 14.9. The van der Waals surface area contributed by atoms with E-state index < -0.39 is 0 Å². The van der Waals surface area contributed by atoms with Gasteiger partial charge in [0.25, 0.3) is 5.22 Å². The standard InChI is InChI=1S/C22H21NO2S/c1-3-11-18(24)19(4-2)26-22-23-20(16-12-7-5-8-13-16)21(25-22)17-14-9-6-10-15-17/h3,5-15,19H,4H2,1-2H3/b11-3+. The predicted molar refractivity (Wildman–Crippen MR) is 107 cm³/mol. The number of oxazole rings is 1. The van der Waals surface area contributed by atoms with Crippen molar-refractivity contribution in [2.75, 3.05) is 0 Å². The van der Waals surface area contributed by atoms with E-state index in [1.807, 2.05) is 74.5 Å². The summed E-state index contributed by atoms with van der Waals surface area (Å²) in [4.78, 5) is 16.9. The lowest BCUT2D eigenvalue weighted by molar-refractivity contribution is -0.114. The first-order valence-corrected chi connectivity index (χ1v) is 9.55. The van der Waals surface area contributed by atoms with Gasteiger partial charge < -0.3 is 4.42 Å². The molecule has 132 valence electrons. The topological polar surface area (TPSA) is 43.1 Å². The molecule has 0 amide bonds. The summed E-state index contributed by atoms with van der Waals surface area (Å²) < 4.78 is 6.09. The molecule has 3 nitrogen and oxygen atoms in total. The maximum Gasteiger partial charge on any atom is 0.257 e. The van der Waals surface area contributed by atoms with E-state index >= 15 is 0 Å². The fourth-order valence-electron chi connectivity index (χ4n) is 2.66. The summed E-state index contributed by atoms with van der Waals surface area (Å²) in [7, 11) is 0. The van der Waals surface area contributed by atoms with Crippen LogP contribution in [-0.2, 0) is 4.79 Å². The minimum atomic E-state index is -0.197. The van der Waals surface area contributed by atoms with Crippen LogP contribution in [0.5, 0.6) is 0 Å². The monoisotopic (exact) mass is 363 g/mol. The van der Waals surface area contributed by atoms with Crippen molar-refractivity contribution in [3.8, 4) is 22.6 Å². The highest BCUT2D eigenvalue weighted by atomic mass is 32.2. The average Bonchev–Trinajstić information content (AvgIpc) is 3.11. The molecular weight excluding hydrogens is 342 g/mol. The summed E-state index contributed by atoms with van der Waals surface area (Å²) in [5, 5.41) is 0.324. The van der Waals surface area contributed by atoms with Crippen LogP contribution in [0.25, 0.3) is 22.6 Å². The number of rotatable bonds is 7. The zero-order chi connectivity index (χ0) is 18.4. The van der Waals surface area contributed by atoms with Crippen LogP contribution in [-0.4, -0.2) is 16.0 Å². The highest BCUT2D eigenvalue weighted by Crippen LogP contribution is 2.37. The van der Waals surface area contributed by atoms with Gasteiger partial charge in [-0.15, -0.1) is 0 Å². The summed E-state index contributed by atoms with van der Waals surface area (Å²) in [6.07, 6.45) is 4.10. The molecule has 0 aliphatic carbocycles. The molecule has 2 aromatic carbocycles. The third-order valence-corrected chi connectivity index (χ3v) is 5.18. The molecule has 3 rings (SSSR count). The van der Waals surface area contributed by atoms with Gasteiger partial charge in [0.05, 0.1) is 5.25 Å². The van der Waals surface area contributed by atoms with Gasteiger partial charge in [-0.3, -0.25) is 4.79 Å². The number of hydrogen-bond donors (Lipinski definition) is 0. The van der Waals surface area contributed by atoms with Gasteiger partial charge in [-0.1, -0.05) is 85.4 Å². The van der Waals surface area contributed by atoms with E-state index in [1.165, 1.54) is 11.8 Å². The van der Waals surface area contributed by atoms with Crippen LogP contribution < -0.4 is 0 Å². The largest absolute Gasteiger partial charge is 0.431 e. The Morgan fingerprint density at radius 1 is 1.08 bits per heavy atom. The number of thioether (sulfide) groups is 1. The van der Waals surface area contributed by atoms with Gasteiger partial charge >= 0.3 is 0 Å². The van der Waals surface area contributed by atoms with Gasteiger partial charge in [-0.05, 0) is 19.4 Å². The molecule has 1 unspecified atom stereocenters. The molecule has 0 spiro atoms. The second kappa shape index (κ2) is 8.68. The van der Waals surface area contributed by atoms with Crippen LogP contribution in [0, 0.1) is 0 Å². The lowest BCUT2D eigenvalue weighted by Gasteiger charge is -2.07. The van der Waals surface area contributed by atoms with E-state index in [2.05, 4.69) is 0 Å². The van der Waals surface area contributed by atoms with Crippen molar-refractivity contribution in [3.63, 3.8) is 0 Å². The number of ketones is 1. The molecule has 0 radical (unpaired) electrons. The summed E-state index contributed by atoms with van der Waals surface area (Å²) >= 11 is 1.38. The quantitative estimate of drug-likeness (QED) is 0.380. The smallest absolute Gasteiger partial charge is 0.257 e. The Morgan fingerprint density at radius 2 is 1.69 bits per heavy atom. The lowest BCUT2D eigenvalue weighted by Crippen LogP contribution is -2.13. The number of carbonyl (C=O) groups is 1. The van der Waals surface area contributed by atoms with Crippen molar-refractivity contribution >= 4 is 17.5 Å². The molecule has 0 aliphatic rings. The Hall–Kier alpha value is -2.59. The van der Waals surface area contributed by atoms with E-state index in [0.29, 0.717) is 5.22 Å². The highest BCUT2D eigenvalue weighted by Gasteiger charge is 2.22. The lowest BCUT2D eigenvalue weighted by atomic mass is 10.1. The number of carbonyl (C=O) groups excluding carboxylic acids is 1. The first kappa shape index (κ1) is 18.2. The number of aromatic nitrogens is 1. The minimum absolute atomic E-state index is 0.0840. The van der Waals surface area contributed by atoms with Crippen LogP contribution in [0.15, 0.2) is 82.5 Å². The van der Waals surface area contributed by atoms with Gasteiger partial charge in [-0.2, -0.15) is 0 Å². The van der Waals surface area contributed by atoms with E-state index in [9.17, 15) is 4.79 Å². The van der Waals surface area contributed by atoms with Gasteiger partial charge in [-0.25, -0.2) is 4.98 Å². The first-order valence-electron chi connectivity index (χ1n) is 8.67. The number of benzene rings is 2. The molecule has 1 aromatic heterocycles. The van der Waals surface area contributed by atoms with Crippen molar-refractivity contribution in [2.45, 2.75) is 30.7 Å². The van der Waals surface area contributed by atoms with Crippen LogP contribution in [0.1, 0.15) is 20.3 Å². The van der Waals surface area contributed by atoms with Crippen LogP contribution in [0.4, 0.5) is 0 Å². The molecule has 0 saturated carbocycles.